The van der Waals surface area contributed by atoms with Crippen LogP contribution in [0, 0.1) is 5.41 Å². The Morgan fingerprint density at radius 3 is 2.25 bits per heavy atom. The topological polar surface area (TPSA) is 72.8 Å². The molecule has 2 amide bonds. The van der Waals surface area contributed by atoms with E-state index in [-0.39, 0.29) is 25.8 Å². The Morgan fingerprint density at radius 1 is 1.25 bits per heavy atom. The molecule has 0 bridgehead atoms. The van der Waals surface area contributed by atoms with E-state index in [4.69, 9.17) is 0 Å². The molecule has 0 saturated heterocycles. The van der Waals surface area contributed by atoms with Crippen molar-refractivity contribution in [3.05, 3.63) is 29.8 Å². The van der Waals surface area contributed by atoms with E-state index < -0.39 is 5.41 Å². The Kier molecular flexibility index (Phi) is 5.98. The zero-order valence-electron chi connectivity index (χ0n) is 12.4. The Balaban J connectivity index is 2.60. The highest BCUT2D eigenvalue weighted by Crippen LogP contribution is 2.16. The molecule has 112 valence electrons. The number of carbonyl (C=O) groups excluding carboxylic acids is 1. The third kappa shape index (κ3) is 4.51. The molecule has 0 fully saturated rings. The van der Waals surface area contributed by atoms with Crippen molar-refractivity contribution < 1.29 is 15.0 Å². The third-order valence-corrected chi connectivity index (χ3v) is 3.34. The van der Waals surface area contributed by atoms with Gasteiger partial charge in [0.05, 0.1) is 13.2 Å². The van der Waals surface area contributed by atoms with Crippen molar-refractivity contribution in [2.45, 2.75) is 20.3 Å². The van der Waals surface area contributed by atoms with Crippen LogP contribution < -0.4 is 5.32 Å². The minimum atomic E-state index is -0.696. The lowest BCUT2D eigenvalue weighted by atomic mass is 9.92. The fourth-order valence-electron chi connectivity index (χ4n) is 1.84. The van der Waals surface area contributed by atoms with Crippen LogP contribution in [0.25, 0.3) is 0 Å². The second-order valence-electron chi connectivity index (χ2n) is 5.46. The fraction of sp³-hybridized carbons (Fsp3) is 0.533. The van der Waals surface area contributed by atoms with Gasteiger partial charge in [-0.3, -0.25) is 0 Å². The molecular weight excluding hydrogens is 256 g/mol. The molecule has 0 heterocycles. The number of aryl methyl sites for hydroxylation is 1. The molecule has 0 saturated carbocycles. The number of urea groups is 1. The first kappa shape index (κ1) is 16.5. The Bertz CT molecular complexity index is 427. The molecule has 0 aliphatic rings. The number of rotatable bonds is 6. The highest BCUT2D eigenvalue weighted by molar-refractivity contribution is 5.89. The fourth-order valence-corrected chi connectivity index (χ4v) is 1.84. The van der Waals surface area contributed by atoms with Crippen molar-refractivity contribution in [1.29, 1.82) is 0 Å². The van der Waals surface area contributed by atoms with Gasteiger partial charge in [-0.15, -0.1) is 0 Å². The van der Waals surface area contributed by atoms with Crippen LogP contribution in [0.3, 0.4) is 0 Å². The lowest BCUT2D eigenvalue weighted by Crippen LogP contribution is -2.43. The number of carbonyl (C=O) groups is 1. The molecule has 0 aromatic heterocycles. The molecule has 0 unspecified atom stereocenters. The summed E-state index contributed by atoms with van der Waals surface area (Å²) in [6, 6.07) is 7.41. The Morgan fingerprint density at radius 2 is 1.80 bits per heavy atom. The molecule has 1 aromatic rings. The maximum absolute atomic E-state index is 12.0. The van der Waals surface area contributed by atoms with Gasteiger partial charge in [0.15, 0.2) is 0 Å². The van der Waals surface area contributed by atoms with E-state index in [0.717, 1.165) is 12.1 Å². The minimum absolute atomic E-state index is 0.174. The Labute approximate surface area is 120 Å². The third-order valence-electron chi connectivity index (χ3n) is 3.34. The standard InChI is InChI=1S/C15H24N2O3/c1-4-12-5-7-13(8-6-12)16-14(20)17(3)9-15(2,10-18)11-19/h5-8,18-19H,4,9-11H2,1-3H3,(H,16,20). The van der Waals surface area contributed by atoms with Gasteiger partial charge in [-0.25, -0.2) is 4.79 Å². The van der Waals surface area contributed by atoms with E-state index in [1.807, 2.05) is 24.3 Å². The van der Waals surface area contributed by atoms with Gasteiger partial charge in [-0.05, 0) is 24.1 Å². The summed E-state index contributed by atoms with van der Waals surface area (Å²) >= 11 is 0. The summed E-state index contributed by atoms with van der Waals surface area (Å²) in [6.07, 6.45) is 0.958. The zero-order valence-corrected chi connectivity index (χ0v) is 12.4. The van der Waals surface area contributed by atoms with Gasteiger partial charge in [0.1, 0.15) is 0 Å². The predicted octanol–water partition coefficient (Wildman–Crippen LogP) is 1.70. The van der Waals surface area contributed by atoms with Crippen LogP contribution in [0.2, 0.25) is 0 Å². The molecule has 0 aliphatic carbocycles. The molecule has 0 aliphatic heterocycles. The molecule has 5 nitrogen and oxygen atoms in total. The lowest BCUT2D eigenvalue weighted by molar-refractivity contribution is 0.0509. The number of nitrogens with zero attached hydrogens (tertiary/aromatic N) is 1. The molecule has 0 spiro atoms. The summed E-state index contributed by atoms with van der Waals surface area (Å²) in [5.41, 5.74) is 1.25. The van der Waals surface area contributed by atoms with Gasteiger partial charge >= 0.3 is 6.03 Å². The maximum atomic E-state index is 12.0. The van der Waals surface area contributed by atoms with Crippen molar-refractivity contribution in [2.24, 2.45) is 5.41 Å². The monoisotopic (exact) mass is 280 g/mol. The second kappa shape index (κ2) is 7.26. The van der Waals surface area contributed by atoms with Crippen LogP contribution in [-0.4, -0.2) is 48.0 Å². The maximum Gasteiger partial charge on any atom is 0.321 e. The first-order valence-electron chi connectivity index (χ1n) is 6.77. The number of benzene rings is 1. The largest absolute Gasteiger partial charge is 0.396 e. The molecule has 0 atom stereocenters. The predicted molar refractivity (Wildman–Crippen MR) is 79.7 cm³/mol. The van der Waals surface area contributed by atoms with Crippen LogP contribution >= 0.6 is 0 Å². The van der Waals surface area contributed by atoms with Crippen molar-refractivity contribution in [1.82, 2.24) is 4.90 Å². The van der Waals surface area contributed by atoms with Gasteiger partial charge < -0.3 is 20.4 Å². The van der Waals surface area contributed by atoms with Gasteiger partial charge in [0, 0.05) is 24.7 Å². The van der Waals surface area contributed by atoms with E-state index in [1.165, 1.54) is 10.5 Å². The van der Waals surface area contributed by atoms with E-state index >= 15 is 0 Å². The number of aliphatic hydroxyl groups excluding tert-OH is 2. The summed E-state index contributed by atoms with van der Waals surface area (Å²) in [5, 5.41) is 21.3. The van der Waals surface area contributed by atoms with Crippen LogP contribution in [0.1, 0.15) is 19.4 Å². The first-order chi connectivity index (χ1) is 9.44. The van der Waals surface area contributed by atoms with Crippen LogP contribution in [0.15, 0.2) is 24.3 Å². The minimum Gasteiger partial charge on any atom is -0.396 e. The number of hydrogen-bond acceptors (Lipinski definition) is 3. The van der Waals surface area contributed by atoms with Crippen molar-refractivity contribution in [3.63, 3.8) is 0 Å². The van der Waals surface area contributed by atoms with Crippen LogP contribution in [0.5, 0.6) is 0 Å². The van der Waals surface area contributed by atoms with Crippen molar-refractivity contribution in [3.8, 4) is 0 Å². The van der Waals surface area contributed by atoms with E-state index in [0.29, 0.717) is 0 Å². The Hall–Kier alpha value is -1.59. The number of hydrogen-bond donors (Lipinski definition) is 3. The van der Waals surface area contributed by atoms with E-state index in [2.05, 4.69) is 12.2 Å². The van der Waals surface area contributed by atoms with Gasteiger partial charge in [-0.1, -0.05) is 26.0 Å². The number of nitrogens with one attached hydrogen (secondary N) is 1. The highest BCUT2D eigenvalue weighted by Gasteiger charge is 2.26. The summed E-state index contributed by atoms with van der Waals surface area (Å²) in [4.78, 5) is 13.5. The summed E-state index contributed by atoms with van der Waals surface area (Å²) in [6.45, 7) is 3.73. The number of amides is 2. The molecule has 20 heavy (non-hydrogen) atoms. The quantitative estimate of drug-likeness (QED) is 0.742. The zero-order chi connectivity index (χ0) is 15.2. The highest BCUT2D eigenvalue weighted by atomic mass is 16.3. The van der Waals surface area contributed by atoms with Gasteiger partial charge in [-0.2, -0.15) is 0 Å². The smallest absolute Gasteiger partial charge is 0.321 e. The van der Waals surface area contributed by atoms with Crippen molar-refractivity contribution >= 4 is 11.7 Å². The van der Waals surface area contributed by atoms with Crippen LogP contribution in [-0.2, 0) is 6.42 Å². The van der Waals surface area contributed by atoms with E-state index in [1.54, 1.807) is 14.0 Å². The molecule has 5 heteroatoms. The second-order valence-corrected chi connectivity index (χ2v) is 5.46. The normalized spacial score (nSPS) is 11.2. The number of aliphatic hydroxyl groups is 2. The first-order valence-corrected chi connectivity index (χ1v) is 6.77. The van der Waals surface area contributed by atoms with Gasteiger partial charge in [0.25, 0.3) is 0 Å². The molecule has 3 N–H and O–H groups in total. The average Bonchev–Trinajstić information content (AvgIpc) is 2.47. The van der Waals surface area contributed by atoms with Crippen LogP contribution in [0.4, 0.5) is 10.5 Å². The van der Waals surface area contributed by atoms with Crippen molar-refractivity contribution in [2.75, 3.05) is 32.1 Å². The summed E-state index contributed by atoms with van der Waals surface area (Å²) in [5.74, 6) is 0. The lowest BCUT2D eigenvalue weighted by Gasteiger charge is -2.30. The summed E-state index contributed by atoms with van der Waals surface area (Å²) < 4.78 is 0. The molecular formula is C15H24N2O3. The summed E-state index contributed by atoms with van der Waals surface area (Å²) in [7, 11) is 1.64. The molecule has 0 radical (unpaired) electrons. The SMILES string of the molecule is CCc1ccc(NC(=O)N(C)CC(C)(CO)CO)cc1. The number of anilines is 1. The van der Waals surface area contributed by atoms with Gasteiger partial charge in [0.2, 0.25) is 0 Å². The van der Waals surface area contributed by atoms with E-state index in [9.17, 15) is 15.0 Å². The molecule has 1 rings (SSSR count). The molecule has 1 aromatic carbocycles. The average molecular weight is 280 g/mol.